The van der Waals surface area contributed by atoms with Crippen molar-refractivity contribution in [1.29, 1.82) is 0 Å². The van der Waals surface area contributed by atoms with Gasteiger partial charge in [-0.05, 0) is 43.2 Å². The molecular formula is C16H24N2O. The van der Waals surface area contributed by atoms with Crippen LogP contribution in [0.5, 0.6) is 5.75 Å². The van der Waals surface area contributed by atoms with Crippen molar-refractivity contribution in [3.05, 3.63) is 24.3 Å². The minimum atomic E-state index is 0.768. The number of nitrogen functional groups attached to an aromatic ring is 1. The molecular weight excluding hydrogens is 236 g/mol. The maximum Gasteiger partial charge on any atom is 0.121 e. The van der Waals surface area contributed by atoms with Gasteiger partial charge in [0.25, 0.3) is 0 Å². The van der Waals surface area contributed by atoms with Crippen LogP contribution in [-0.4, -0.2) is 31.1 Å². The first-order valence-electron chi connectivity index (χ1n) is 7.52. The smallest absolute Gasteiger partial charge is 0.121 e. The zero-order valence-electron chi connectivity index (χ0n) is 11.6. The second-order valence-corrected chi connectivity index (χ2v) is 5.99. The molecule has 2 unspecified atom stereocenters. The third kappa shape index (κ3) is 3.21. The lowest BCUT2D eigenvalue weighted by atomic mass is 10.0. The van der Waals surface area contributed by atoms with E-state index < -0.39 is 0 Å². The zero-order chi connectivity index (χ0) is 13.1. The number of nitrogens with two attached hydrogens (primary N) is 1. The molecule has 2 N–H and O–H groups in total. The highest BCUT2D eigenvalue weighted by Gasteiger charge is 2.35. The molecule has 19 heavy (non-hydrogen) atoms. The van der Waals surface area contributed by atoms with Crippen LogP contribution in [0.25, 0.3) is 0 Å². The molecule has 2 fully saturated rings. The molecule has 0 aromatic heterocycles. The fourth-order valence-corrected chi connectivity index (χ4v) is 3.60. The monoisotopic (exact) mass is 260 g/mol. The van der Waals surface area contributed by atoms with E-state index in [2.05, 4.69) is 4.90 Å². The van der Waals surface area contributed by atoms with Gasteiger partial charge in [-0.3, -0.25) is 0 Å². The van der Waals surface area contributed by atoms with Gasteiger partial charge in [0.05, 0.1) is 6.61 Å². The van der Waals surface area contributed by atoms with E-state index in [-0.39, 0.29) is 0 Å². The van der Waals surface area contributed by atoms with Crippen molar-refractivity contribution in [1.82, 2.24) is 4.90 Å². The Morgan fingerprint density at radius 3 is 2.74 bits per heavy atom. The average Bonchev–Trinajstić information content (AvgIpc) is 2.95. The van der Waals surface area contributed by atoms with Crippen LogP contribution in [0.3, 0.4) is 0 Å². The predicted octanol–water partition coefficient (Wildman–Crippen LogP) is 2.77. The van der Waals surface area contributed by atoms with Gasteiger partial charge in [-0.2, -0.15) is 0 Å². The lowest BCUT2D eigenvalue weighted by Crippen LogP contribution is -2.24. The van der Waals surface area contributed by atoms with E-state index in [0.29, 0.717) is 0 Å². The van der Waals surface area contributed by atoms with Crippen LogP contribution >= 0.6 is 0 Å². The number of nitrogens with zero attached hydrogens (tertiary/aromatic N) is 1. The van der Waals surface area contributed by atoms with E-state index in [9.17, 15) is 0 Å². The number of benzene rings is 1. The van der Waals surface area contributed by atoms with Gasteiger partial charge in [-0.25, -0.2) is 0 Å². The van der Waals surface area contributed by atoms with Gasteiger partial charge in [-0.15, -0.1) is 0 Å². The van der Waals surface area contributed by atoms with Gasteiger partial charge in [0.2, 0.25) is 0 Å². The quantitative estimate of drug-likeness (QED) is 0.653. The Morgan fingerprint density at radius 1 is 1.21 bits per heavy atom. The summed E-state index contributed by atoms with van der Waals surface area (Å²) < 4.78 is 5.73. The van der Waals surface area contributed by atoms with Gasteiger partial charge in [0.15, 0.2) is 0 Å². The average molecular weight is 260 g/mol. The van der Waals surface area contributed by atoms with Crippen LogP contribution in [0, 0.1) is 11.8 Å². The van der Waals surface area contributed by atoms with E-state index in [0.717, 1.165) is 36.3 Å². The molecule has 2 atom stereocenters. The SMILES string of the molecule is Nc1cccc(OCCCN2CC3CCCC3C2)c1. The minimum absolute atomic E-state index is 0.768. The lowest BCUT2D eigenvalue weighted by molar-refractivity contribution is 0.253. The van der Waals surface area contributed by atoms with Crippen LogP contribution < -0.4 is 10.5 Å². The highest BCUT2D eigenvalue weighted by molar-refractivity contribution is 5.43. The topological polar surface area (TPSA) is 38.5 Å². The van der Waals surface area contributed by atoms with Crippen LogP contribution in [-0.2, 0) is 0 Å². The number of fused-ring (bicyclic) bond motifs is 1. The van der Waals surface area contributed by atoms with Crippen molar-refractivity contribution in [3.63, 3.8) is 0 Å². The van der Waals surface area contributed by atoms with Crippen molar-refractivity contribution in [2.75, 3.05) is 32.0 Å². The Hall–Kier alpha value is -1.22. The first kappa shape index (κ1) is 12.8. The number of hydrogen-bond donors (Lipinski definition) is 1. The highest BCUT2D eigenvalue weighted by Crippen LogP contribution is 2.37. The maximum atomic E-state index is 5.73. The van der Waals surface area contributed by atoms with Crippen molar-refractivity contribution in [2.24, 2.45) is 11.8 Å². The van der Waals surface area contributed by atoms with Crippen LogP contribution in [0.4, 0.5) is 5.69 Å². The third-order valence-corrected chi connectivity index (χ3v) is 4.55. The zero-order valence-corrected chi connectivity index (χ0v) is 11.6. The Labute approximate surface area is 115 Å². The molecule has 0 spiro atoms. The summed E-state index contributed by atoms with van der Waals surface area (Å²) in [5, 5.41) is 0. The van der Waals surface area contributed by atoms with Crippen molar-refractivity contribution in [3.8, 4) is 5.75 Å². The molecule has 0 radical (unpaired) electrons. The number of ether oxygens (including phenoxy) is 1. The molecule has 1 saturated carbocycles. The first-order chi connectivity index (χ1) is 9.31. The van der Waals surface area contributed by atoms with E-state index in [1.807, 2.05) is 24.3 Å². The summed E-state index contributed by atoms with van der Waals surface area (Å²) in [4.78, 5) is 2.62. The summed E-state index contributed by atoms with van der Waals surface area (Å²) in [5.74, 6) is 2.88. The molecule has 104 valence electrons. The second-order valence-electron chi connectivity index (χ2n) is 5.99. The standard InChI is InChI=1S/C16H24N2O/c17-15-6-2-7-16(10-15)19-9-3-8-18-11-13-4-1-5-14(13)12-18/h2,6-7,10,13-14H,1,3-5,8-9,11-12,17H2. The third-order valence-electron chi connectivity index (χ3n) is 4.55. The summed E-state index contributed by atoms with van der Waals surface area (Å²) in [6.07, 6.45) is 5.48. The summed E-state index contributed by atoms with van der Waals surface area (Å²) in [5.41, 5.74) is 6.49. The van der Waals surface area contributed by atoms with E-state index in [1.54, 1.807) is 0 Å². The van der Waals surface area contributed by atoms with E-state index in [1.165, 1.54) is 38.9 Å². The van der Waals surface area contributed by atoms with Gasteiger partial charge in [0, 0.05) is 31.4 Å². The molecule has 0 bridgehead atoms. The molecule has 1 aromatic carbocycles. The number of hydrogen-bond acceptors (Lipinski definition) is 3. The van der Waals surface area contributed by atoms with Crippen LogP contribution in [0.15, 0.2) is 24.3 Å². The molecule has 3 rings (SSSR count). The Bertz CT molecular complexity index is 409. The fraction of sp³-hybridized carbons (Fsp3) is 0.625. The predicted molar refractivity (Wildman–Crippen MR) is 78.2 cm³/mol. The van der Waals surface area contributed by atoms with E-state index in [4.69, 9.17) is 10.5 Å². The normalized spacial score (nSPS) is 26.5. The molecule has 1 aliphatic carbocycles. The number of likely N-dealkylation sites (tertiary alicyclic amines) is 1. The summed E-state index contributed by atoms with van der Waals surface area (Å²) in [7, 11) is 0. The second kappa shape index (κ2) is 5.83. The Balaban J connectivity index is 1.35. The molecule has 3 nitrogen and oxygen atoms in total. The molecule has 2 aliphatic rings. The van der Waals surface area contributed by atoms with Crippen molar-refractivity contribution in [2.45, 2.75) is 25.7 Å². The number of rotatable bonds is 5. The summed E-state index contributed by atoms with van der Waals surface area (Å²) in [6.45, 7) is 4.61. The van der Waals surface area contributed by atoms with Gasteiger partial charge in [0.1, 0.15) is 5.75 Å². The number of anilines is 1. The molecule has 0 amide bonds. The van der Waals surface area contributed by atoms with Crippen LogP contribution in [0.2, 0.25) is 0 Å². The largest absolute Gasteiger partial charge is 0.493 e. The van der Waals surface area contributed by atoms with Crippen LogP contribution in [0.1, 0.15) is 25.7 Å². The summed E-state index contributed by atoms with van der Waals surface area (Å²) in [6, 6.07) is 7.68. The Kier molecular flexibility index (Phi) is 3.92. The highest BCUT2D eigenvalue weighted by atomic mass is 16.5. The van der Waals surface area contributed by atoms with Gasteiger partial charge >= 0.3 is 0 Å². The first-order valence-corrected chi connectivity index (χ1v) is 7.52. The van der Waals surface area contributed by atoms with Crippen molar-refractivity contribution >= 4 is 5.69 Å². The molecule has 1 aliphatic heterocycles. The summed E-state index contributed by atoms with van der Waals surface area (Å²) >= 11 is 0. The van der Waals surface area contributed by atoms with Crippen molar-refractivity contribution < 1.29 is 4.74 Å². The molecule has 1 saturated heterocycles. The molecule has 1 heterocycles. The van der Waals surface area contributed by atoms with Gasteiger partial charge in [-0.1, -0.05) is 12.5 Å². The molecule has 1 aromatic rings. The lowest BCUT2D eigenvalue weighted by Gasteiger charge is -2.16. The van der Waals surface area contributed by atoms with Gasteiger partial charge < -0.3 is 15.4 Å². The maximum absolute atomic E-state index is 5.73. The fourth-order valence-electron chi connectivity index (χ4n) is 3.60. The Morgan fingerprint density at radius 2 is 2.00 bits per heavy atom. The van der Waals surface area contributed by atoms with E-state index >= 15 is 0 Å². The minimum Gasteiger partial charge on any atom is -0.493 e. The molecule has 3 heteroatoms.